The molecule has 1 heterocycles. The maximum atomic E-state index is 11.5. The topological polar surface area (TPSA) is 41.6 Å². The Labute approximate surface area is 72.9 Å². The highest BCUT2D eigenvalue weighted by Gasteiger charge is 2.24. The molecule has 0 bridgehead atoms. The van der Waals surface area contributed by atoms with Gasteiger partial charge in [0, 0.05) is 26.7 Å². The van der Waals surface area contributed by atoms with E-state index in [-0.39, 0.29) is 12.0 Å². The molecule has 1 aliphatic heterocycles. The van der Waals surface area contributed by atoms with Crippen LogP contribution in [0.3, 0.4) is 0 Å². The Balaban J connectivity index is 2.52. The Bertz CT molecular complexity index is 161. The molecule has 0 radical (unpaired) electrons. The first-order valence-corrected chi connectivity index (χ1v) is 4.27. The van der Waals surface area contributed by atoms with E-state index in [1.54, 1.807) is 4.90 Å². The predicted molar refractivity (Wildman–Crippen MR) is 45.9 cm³/mol. The number of nitrogens with zero attached hydrogens (tertiary/aromatic N) is 1. The van der Waals surface area contributed by atoms with Crippen molar-refractivity contribution in [3.63, 3.8) is 0 Å². The van der Waals surface area contributed by atoms with Crippen molar-refractivity contribution in [1.29, 1.82) is 0 Å². The third kappa shape index (κ3) is 2.19. The van der Waals surface area contributed by atoms with E-state index >= 15 is 0 Å². The highest BCUT2D eigenvalue weighted by molar-refractivity contribution is 5.81. The quantitative estimate of drug-likeness (QED) is 0.608. The summed E-state index contributed by atoms with van der Waals surface area (Å²) >= 11 is 0. The molecular formula is C8H16N2O2. The van der Waals surface area contributed by atoms with Gasteiger partial charge >= 0.3 is 0 Å². The van der Waals surface area contributed by atoms with Gasteiger partial charge < -0.3 is 15.0 Å². The van der Waals surface area contributed by atoms with Crippen LogP contribution in [0.15, 0.2) is 0 Å². The van der Waals surface area contributed by atoms with Crippen LogP contribution in [-0.2, 0) is 9.53 Å². The number of carbonyl (C=O) groups excluding carboxylic acids is 1. The average Bonchev–Trinajstić information content (AvgIpc) is 2.20. The molecule has 1 amide bonds. The molecule has 0 spiro atoms. The van der Waals surface area contributed by atoms with Gasteiger partial charge in [-0.15, -0.1) is 0 Å². The van der Waals surface area contributed by atoms with Crippen LogP contribution in [0.2, 0.25) is 0 Å². The number of likely N-dealkylation sites (N-methyl/N-ethyl adjacent to an activating group) is 2. The monoisotopic (exact) mass is 172 g/mol. The molecule has 12 heavy (non-hydrogen) atoms. The number of hydrogen-bond donors (Lipinski definition) is 1. The van der Waals surface area contributed by atoms with Gasteiger partial charge in [0.2, 0.25) is 0 Å². The fraction of sp³-hybridized carbons (Fsp3) is 0.875. The third-order valence-electron chi connectivity index (χ3n) is 2.00. The fourth-order valence-electron chi connectivity index (χ4n) is 1.29. The summed E-state index contributed by atoms with van der Waals surface area (Å²) in [6.45, 7) is 2.09. The van der Waals surface area contributed by atoms with Gasteiger partial charge in [0.05, 0.1) is 0 Å². The minimum absolute atomic E-state index is 0.0850. The van der Waals surface area contributed by atoms with Gasteiger partial charge in [0.15, 0.2) is 0 Å². The highest BCUT2D eigenvalue weighted by atomic mass is 16.5. The summed E-state index contributed by atoms with van der Waals surface area (Å²) in [6, 6.07) is 0. The average molecular weight is 172 g/mol. The number of amides is 1. The first-order valence-electron chi connectivity index (χ1n) is 4.27. The normalized spacial score (nSPS) is 25.7. The molecule has 1 aliphatic rings. The van der Waals surface area contributed by atoms with Gasteiger partial charge in [-0.3, -0.25) is 4.79 Å². The third-order valence-corrected chi connectivity index (χ3v) is 2.00. The molecule has 0 saturated carbocycles. The van der Waals surface area contributed by atoms with Crippen molar-refractivity contribution in [2.75, 3.05) is 33.8 Å². The lowest BCUT2D eigenvalue weighted by molar-refractivity contribution is -0.139. The lowest BCUT2D eigenvalue weighted by Crippen LogP contribution is -2.41. The smallest absolute Gasteiger partial charge is 0.252 e. The molecule has 0 aromatic carbocycles. The zero-order chi connectivity index (χ0) is 8.97. The number of ether oxygens (including phenoxy) is 1. The van der Waals surface area contributed by atoms with Crippen molar-refractivity contribution in [3.05, 3.63) is 0 Å². The molecule has 4 heteroatoms. The molecule has 0 aromatic rings. The van der Waals surface area contributed by atoms with Gasteiger partial charge in [-0.05, 0) is 13.5 Å². The van der Waals surface area contributed by atoms with Crippen molar-refractivity contribution in [2.45, 2.75) is 12.5 Å². The SMILES string of the molecule is CNCC1OCCCN(C)C1=O. The molecule has 1 N–H and O–H groups in total. The molecule has 1 fully saturated rings. The Morgan fingerprint density at radius 2 is 2.50 bits per heavy atom. The summed E-state index contributed by atoms with van der Waals surface area (Å²) in [4.78, 5) is 13.2. The van der Waals surface area contributed by atoms with Crippen molar-refractivity contribution in [3.8, 4) is 0 Å². The summed E-state index contributed by atoms with van der Waals surface area (Å²) in [5.74, 6) is 0.0850. The zero-order valence-corrected chi connectivity index (χ0v) is 7.67. The van der Waals surface area contributed by atoms with E-state index in [4.69, 9.17) is 4.74 Å². The summed E-state index contributed by atoms with van der Waals surface area (Å²) in [6.07, 6.45) is 0.644. The van der Waals surface area contributed by atoms with Crippen LogP contribution < -0.4 is 5.32 Å². The molecule has 4 nitrogen and oxygen atoms in total. The molecule has 1 rings (SSSR count). The van der Waals surface area contributed by atoms with E-state index in [1.807, 2.05) is 14.1 Å². The Morgan fingerprint density at radius 3 is 3.17 bits per heavy atom. The standard InChI is InChI=1S/C8H16N2O2/c1-9-6-7-8(11)10(2)4-3-5-12-7/h7,9H,3-6H2,1-2H3. The van der Waals surface area contributed by atoms with Crippen LogP contribution in [0.1, 0.15) is 6.42 Å². The molecule has 70 valence electrons. The van der Waals surface area contributed by atoms with E-state index in [1.165, 1.54) is 0 Å². The van der Waals surface area contributed by atoms with Crippen LogP contribution in [-0.4, -0.2) is 50.7 Å². The Morgan fingerprint density at radius 1 is 1.75 bits per heavy atom. The number of carbonyl (C=O) groups is 1. The maximum Gasteiger partial charge on any atom is 0.252 e. The van der Waals surface area contributed by atoms with Gasteiger partial charge in [-0.25, -0.2) is 0 Å². The van der Waals surface area contributed by atoms with E-state index < -0.39 is 0 Å². The number of nitrogens with one attached hydrogen (secondary N) is 1. The molecular weight excluding hydrogens is 156 g/mol. The van der Waals surface area contributed by atoms with Crippen LogP contribution in [0.5, 0.6) is 0 Å². The predicted octanol–water partition coefficient (Wildman–Crippen LogP) is -0.547. The van der Waals surface area contributed by atoms with Crippen molar-refractivity contribution >= 4 is 5.91 Å². The van der Waals surface area contributed by atoms with E-state index in [0.29, 0.717) is 13.2 Å². The van der Waals surface area contributed by atoms with Crippen LogP contribution >= 0.6 is 0 Å². The maximum absolute atomic E-state index is 11.5. The summed E-state index contributed by atoms with van der Waals surface area (Å²) in [7, 11) is 3.64. The van der Waals surface area contributed by atoms with Crippen LogP contribution in [0.4, 0.5) is 0 Å². The van der Waals surface area contributed by atoms with Crippen LogP contribution in [0, 0.1) is 0 Å². The van der Waals surface area contributed by atoms with Crippen molar-refractivity contribution < 1.29 is 9.53 Å². The first kappa shape index (κ1) is 9.48. The lowest BCUT2D eigenvalue weighted by atomic mass is 10.3. The summed E-state index contributed by atoms with van der Waals surface area (Å²) in [5.41, 5.74) is 0. The van der Waals surface area contributed by atoms with Crippen molar-refractivity contribution in [2.24, 2.45) is 0 Å². The Hall–Kier alpha value is -0.610. The number of rotatable bonds is 2. The van der Waals surface area contributed by atoms with E-state index in [2.05, 4.69) is 5.32 Å². The molecule has 0 aliphatic carbocycles. The van der Waals surface area contributed by atoms with Gasteiger partial charge in [-0.1, -0.05) is 0 Å². The molecule has 1 saturated heterocycles. The molecule has 1 unspecified atom stereocenters. The molecule has 0 aromatic heterocycles. The second-order valence-corrected chi connectivity index (χ2v) is 3.03. The summed E-state index contributed by atoms with van der Waals surface area (Å²) < 4.78 is 5.37. The zero-order valence-electron chi connectivity index (χ0n) is 7.67. The first-order chi connectivity index (χ1) is 5.75. The van der Waals surface area contributed by atoms with Crippen LogP contribution in [0.25, 0.3) is 0 Å². The molecule has 1 atom stereocenters. The number of hydrogen-bond acceptors (Lipinski definition) is 3. The fourth-order valence-corrected chi connectivity index (χ4v) is 1.29. The highest BCUT2D eigenvalue weighted by Crippen LogP contribution is 2.04. The Kier molecular flexibility index (Phi) is 3.49. The minimum atomic E-state index is -0.289. The lowest BCUT2D eigenvalue weighted by Gasteiger charge is -2.18. The van der Waals surface area contributed by atoms with Gasteiger partial charge in [-0.2, -0.15) is 0 Å². The van der Waals surface area contributed by atoms with E-state index in [9.17, 15) is 4.79 Å². The van der Waals surface area contributed by atoms with Gasteiger partial charge in [0.25, 0.3) is 5.91 Å². The van der Waals surface area contributed by atoms with E-state index in [0.717, 1.165) is 13.0 Å². The largest absolute Gasteiger partial charge is 0.367 e. The second kappa shape index (κ2) is 4.42. The van der Waals surface area contributed by atoms with Crippen molar-refractivity contribution in [1.82, 2.24) is 10.2 Å². The minimum Gasteiger partial charge on any atom is -0.367 e. The summed E-state index contributed by atoms with van der Waals surface area (Å²) in [5, 5.41) is 2.94. The second-order valence-electron chi connectivity index (χ2n) is 3.03. The van der Waals surface area contributed by atoms with Gasteiger partial charge in [0.1, 0.15) is 6.10 Å².